The zero-order chi connectivity index (χ0) is 66.5. The van der Waals surface area contributed by atoms with Crippen LogP contribution in [0.3, 0.4) is 0 Å². The second-order valence-electron chi connectivity index (χ2n) is 21.3. The smallest absolute Gasteiger partial charge is 0.305 e. The van der Waals surface area contributed by atoms with E-state index in [1.165, 1.54) is 59.3 Å². The fraction of sp³-hybridized carbons (Fsp3) is 0.536. The van der Waals surface area contributed by atoms with Crippen LogP contribution in [0.25, 0.3) is 0 Å². The Morgan fingerprint density at radius 3 is 1.24 bits per heavy atom. The Balaban J connectivity index is 1.19. The fourth-order valence-electron chi connectivity index (χ4n) is 10.2. The van der Waals surface area contributed by atoms with Gasteiger partial charge < -0.3 is 94.9 Å². The molecule has 0 aromatic heterocycles. The quantitative estimate of drug-likeness (QED) is 0.0202. The Kier molecular flexibility index (Phi) is 27.4. The second kappa shape index (κ2) is 34.3. The topological polar surface area (TPSA) is 499 Å². The van der Waals surface area contributed by atoms with Gasteiger partial charge in [0.2, 0.25) is 70.6 Å². The third-order valence-corrected chi connectivity index (χ3v) is 16.0. The average Bonchev–Trinajstić information content (AvgIpc) is 0.781. The highest BCUT2D eigenvalue weighted by atomic mass is 32.2. The van der Waals surface area contributed by atoms with Crippen molar-refractivity contribution in [3.05, 3.63) is 46.5 Å². The van der Waals surface area contributed by atoms with Gasteiger partial charge in [0, 0.05) is 50.6 Å². The molecular weight excluding hydrogens is 1220 g/mol. The number of nitrogens with one attached hydrogen (secondary N) is 10. The standard InChI is InChI=1S/C56H78N14O18S2/c1-27(65-39(73)25-63-49(81)29(57)23-41(75)76)55(87)69-19-5-7-35(69)53(85)67-33(13-21-89-3)51(83)61-17-15-59-31-9-10-32(44-43(31)47(79)45-37(71)11-12-38(72)46(45)48(44)80)60-16-18-62-52(84)34(14-22-90-4)68-54(86)36-8-6-20-70(36)56(88)28(2)66-40(74)26-64-50(82)30(58)24-42(77)78/h9-12,27-30,33-36,59-60,71-72H,5-8,13-26,57-58H2,1-4H3,(H,61,83)(H,62,84)(H,63,81)(H,64,82)(H,65,73)(H,66,74)(H,67,85)(H,68,86)(H,75,76)(H,77,78)/t27-,28-,29-,30-,33-,34-,35-,36-/m0/s1. The first kappa shape index (κ1) is 72.0. The Morgan fingerprint density at radius 1 is 0.533 bits per heavy atom. The summed E-state index contributed by atoms with van der Waals surface area (Å²) in [5.74, 6) is -11.5. The summed E-state index contributed by atoms with van der Waals surface area (Å²) in [6.45, 7) is 1.64. The van der Waals surface area contributed by atoms with E-state index in [1.54, 1.807) is 12.5 Å². The molecule has 90 heavy (non-hydrogen) atoms. The van der Waals surface area contributed by atoms with Gasteiger partial charge in [-0.3, -0.25) is 67.1 Å². The highest BCUT2D eigenvalue weighted by Gasteiger charge is 2.41. The summed E-state index contributed by atoms with van der Waals surface area (Å²) in [6, 6.07) is -4.14. The van der Waals surface area contributed by atoms with Crippen LogP contribution in [0.1, 0.15) is 97.1 Å². The van der Waals surface area contributed by atoms with Crippen LogP contribution in [0.5, 0.6) is 11.5 Å². The Bertz CT molecular complexity index is 2880. The summed E-state index contributed by atoms with van der Waals surface area (Å²) in [7, 11) is 0. The molecule has 0 saturated carbocycles. The van der Waals surface area contributed by atoms with E-state index >= 15 is 0 Å². The summed E-state index contributed by atoms with van der Waals surface area (Å²) in [5.41, 5.74) is 9.98. The van der Waals surface area contributed by atoms with Crippen molar-refractivity contribution in [3.63, 3.8) is 0 Å². The molecule has 2 aromatic rings. The van der Waals surface area contributed by atoms with Crippen molar-refractivity contribution in [2.75, 3.05) is 87.0 Å². The molecule has 0 bridgehead atoms. The number of carbonyl (C=O) groups excluding carboxylic acids is 12. The number of hydrogen-bond donors (Lipinski definition) is 16. The van der Waals surface area contributed by atoms with E-state index in [9.17, 15) is 77.3 Å². The van der Waals surface area contributed by atoms with Crippen molar-refractivity contribution < 1.29 is 87.5 Å². The van der Waals surface area contributed by atoms with Gasteiger partial charge in [0.05, 0.1) is 60.3 Å². The Hall–Kier alpha value is -8.76. The van der Waals surface area contributed by atoms with Crippen LogP contribution >= 0.6 is 23.5 Å². The molecule has 1 aliphatic carbocycles. The largest absolute Gasteiger partial charge is 0.507 e. The number of phenols is 2. The summed E-state index contributed by atoms with van der Waals surface area (Å²) < 4.78 is 0. The SMILES string of the molecule is CSCC[C@H](NC(=O)[C@@H]1CCCN1C(=O)[C@H](C)NC(=O)CNC(=O)[C@@H](N)CC(=O)O)C(=O)NCCNc1ccc(NCCNC(=O)[C@H](CCSC)NC(=O)[C@@H]2CCCN2C(=O)[C@H](C)NC(=O)CNC(=O)[C@@H](N)CC(=O)O)c2c1C(=O)c1c(O)ccc(O)c1C2=O. The number of carbonyl (C=O) groups is 14. The molecule has 2 saturated heterocycles. The molecule has 8 atom stereocenters. The number of carboxylic acids is 2. The first-order chi connectivity index (χ1) is 42.7. The van der Waals surface area contributed by atoms with E-state index in [0.29, 0.717) is 24.3 Å². The number of nitrogens with two attached hydrogens (primary N) is 2. The molecule has 18 N–H and O–H groups in total. The predicted molar refractivity (Wildman–Crippen MR) is 327 cm³/mol. The van der Waals surface area contributed by atoms with Crippen LogP contribution < -0.4 is 64.6 Å². The zero-order valence-corrected chi connectivity index (χ0v) is 51.7. The number of aliphatic carboxylic acids is 2. The average molecular weight is 1300 g/mol. The van der Waals surface area contributed by atoms with Crippen LogP contribution in [-0.4, -0.2) is 238 Å². The molecule has 2 aliphatic heterocycles. The molecule has 32 nitrogen and oxygen atoms in total. The van der Waals surface area contributed by atoms with Gasteiger partial charge in [-0.1, -0.05) is 0 Å². The van der Waals surface area contributed by atoms with Crippen molar-refractivity contribution in [2.45, 2.75) is 114 Å². The molecule has 10 amide bonds. The van der Waals surface area contributed by atoms with Crippen LogP contribution in [0.4, 0.5) is 11.4 Å². The Morgan fingerprint density at radius 2 is 0.900 bits per heavy atom. The lowest BCUT2D eigenvalue weighted by Crippen LogP contribution is -2.56. The van der Waals surface area contributed by atoms with Crippen molar-refractivity contribution in [3.8, 4) is 11.5 Å². The van der Waals surface area contributed by atoms with Crippen molar-refractivity contribution in [2.24, 2.45) is 11.5 Å². The lowest BCUT2D eigenvalue weighted by Gasteiger charge is -2.28. The van der Waals surface area contributed by atoms with Gasteiger partial charge in [0.1, 0.15) is 47.8 Å². The van der Waals surface area contributed by atoms with E-state index in [-0.39, 0.29) is 87.5 Å². The first-order valence-corrected chi connectivity index (χ1v) is 31.6. The highest BCUT2D eigenvalue weighted by Crippen LogP contribution is 2.42. The summed E-state index contributed by atoms with van der Waals surface area (Å²) in [5, 5.41) is 65.8. The number of fused-ring (bicyclic) bond motifs is 2. The molecule has 5 rings (SSSR count). The first-order valence-electron chi connectivity index (χ1n) is 28.8. The minimum atomic E-state index is -1.40. The molecule has 2 aromatic carbocycles. The molecule has 34 heteroatoms. The Labute approximate surface area is 525 Å². The maximum Gasteiger partial charge on any atom is 0.305 e. The number of anilines is 2. The summed E-state index contributed by atoms with van der Waals surface area (Å²) in [4.78, 5) is 184. The van der Waals surface area contributed by atoms with Gasteiger partial charge >= 0.3 is 11.9 Å². The maximum absolute atomic E-state index is 14.3. The molecule has 492 valence electrons. The minimum Gasteiger partial charge on any atom is -0.507 e. The second-order valence-corrected chi connectivity index (χ2v) is 23.3. The highest BCUT2D eigenvalue weighted by molar-refractivity contribution is 7.98. The van der Waals surface area contributed by atoms with Crippen molar-refractivity contribution in [1.29, 1.82) is 0 Å². The van der Waals surface area contributed by atoms with Crippen molar-refractivity contribution >= 4 is 117 Å². The lowest BCUT2D eigenvalue weighted by atomic mass is 9.81. The number of hydrogen-bond acceptors (Lipinski definition) is 22. The van der Waals surface area contributed by atoms with E-state index < -0.39 is 179 Å². The lowest BCUT2D eigenvalue weighted by molar-refractivity contribution is -0.141. The van der Waals surface area contributed by atoms with Gasteiger partial charge in [-0.05, 0) is 101 Å². The maximum atomic E-state index is 14.3. The number of carboxylic acid groups (broad SMARTS) is 2. The number of aromatic hydroxyl groups is 2. The van der Waals surface area contributed by atoms with Crippen LogP contribution in [0.2, 0.25) is 0 Å². The van der Waals surface area contributed by atoms with Crippen molar-refractivity contribution in [1.82, 2.24) is 52.3 Å². The normalized spacial score (nSPS) is 16.9. The fourth-order valence-corrected chi connectivity index (χ4v) is 11.1. The number of rotatable bonds is 34. The monoisotopic (exact) mass is 1300 g/mol. The third kappa shape index (κ3) is 19.6. The number of amides is 10. The molecule has 2 heterocycles. The molecule has 2 fully saturated rings. The van der Waals surface area contributed by atoms with Crippen LogP contribution in [-0.2, 0) is 57.5 Å². The predicted octanol–water partition coefficient (Wildman–Crippen LogP) is -3.77. The number of benzene rings is 2. The van der Waals surface area contributed by atoms with Gasteiger partial charge in [-0.15, -0.1) is 0 Å². The van der Waals surface area contributed by atoms with E-state index in [2.05, 4.69) is 53.2 Å². The van der Waals surface area contributed by atoms with E-state index in [4.69, 9.17) is 21.7 Å². The van der Waals surface area contributed by atoms with Gasteiger partial charge in [0.15, 0.2) is 0 Å². The number of nitrogens with zero attached hydrogens (tertiary/aromatic N) is 2. The summed E-state index contributed by atoms with van der Waals surface area (Å²) >= 11 is 2.83. The zero-order valence-electron chi connectivity index (χ0n) is 50.0. The number of thioether (sulfide) groups is 2. The molecule has 0 unspecified atom stereocenters. The van der Waals surface area contributed by atoms with E-state index in [0.717, 1.165) is 12.1 Å². The number of likely N-dealkylation sites (tertiary alicyclic amines) is 2. The van der Waals surface area contributed by atoms with E-state index in [1.807, 2.05) is 0 Å². The number of ketones is 2. The molecular formula is C56H78N14O18S2. The third-order valence-electron chi connectivity index (χ3n) is 14.7. The summed E-state index contributed by atoms with van der Waals surface area (Å²) in [6.07, 6.45) is 4.04. The van der Waals surface area contributed by atoms with Gasteiger partial charge in [-0.2, -0.15) is 23.5 Å². The molecule has 0 radical (unpaired) electrons. The van der Waals surface area contributed by atoms with Gasteiger partial charge in [-0.25, -0.2) is 0 Å². The molecule has 0 spiro atoms. The van der Waals surface area contributed by atoms with Gasteiger partial charge in [0.25, 0.3) is 0 Å². The number of phenolic OH excluding ortho intramolecular Hbond substituents is 2. The molecule has 3 aliphatic rings. The van der Waals surface area contributed by atoms with Crippen LogP contribution in [0, 0.1) is 0 Å². The minimum absolute atomic E-state index is 0.0489. The van der Waals surface area contributed by atoms with Crippen LogP contribution in [0.15, 0.2) is 24.3 Å².